The molecule has 0 spiro atoms. The van der Waals surface area contributed by atoms with Gasteiger partial charge in [0.1, 0.15) is 0 Å². The first-order valence-electron chi connectivity index (χ1n) is 3.83. The Morgan fingerprint density at radius 2 is 2.00 bits per heavy atom. The van der Waals surface area contributed by atoms with E-state index in [1.54, 1.807) is 13.0 Å². The lowest BCUT2D eigenvalue weighted by atomic mass is 9.93. The molecular weight excluding hydrogens is 154 g/mol. The van der Waals surface area contributed by atoms with E-state index in [-0.39, 0.29) is 11.7 Å². The van der Waals surface area contributed by atoms with Gasteiger partial charge in [0.05, 0.1) is 5.54 Å². The highest BCUT2D eigenvalue weighted by Crippen LogP contribution is 2.11. The van der Waals surface area contributed by atoms with Crippen molar-refractivity contribution in [2.24, 2.45) is 0 Å². The lowest BCUT2D eigenvalue weighted by molar-refractivity contribution is -0.129. The van der Waals surface area contributed by atoms with Gasteiger partial charge in [-0.2, -0.15) is 0 Å². The van der Waals surface area contributed by atoms with Crippen LogP contribution in [0.3, 0.4) is 0 Å². The van der Waals surface area contributed by atoms with Crippen LogP contribution in [0.2, 0.25) is 0 Å². The van der Waals surface area contributed by atoms with Crippen LogP contribution < -0.4 is 5.32 Å². The molecule has 1 amide bonds. The molecule has 0 fully saturated rings. The van der Waals surface area contributed by atoms with Crippen molar-refractivity contribution in [2.75, 3.05) is 0 Å². The van der Waals surface area contributed by atoms with Gasteiger partial charge in [-0.3, -0.25) is 9.59 Å². The minimum absolute atomic E-state index is 0.0578. The van der Waals surface area contributed by atoms with Crippen LogP contribution in [-0.4, -0.2) is 17.2 Å². The lowest BCUT2D eigenvalue weighted by Crippen LogP contribution is -2.50. The molecule has 0 rings (SSSR count). The van der Waals surface area contributed by atoms with Crippen LogP contribution in [0.25, 0.3) is 0 Å². The number of carbonyl (C=O) groups is 2. The fourth-order valence-electron chi connectivity index (χ4n) is 0.960. The number of amides is 1. The molecule has 12 heavy (non-hydrogen) atoms. The zero-order chi connectivity index (χ0) is 9.78. The molecule has 0 saturated carbocycles. The summed E-state index contributed by atoms with van der Waals surface area (Å²) in [6, 6.07) is 0. The Balaban J connectivity index is 4.49. The summed E-state index contributed by atoms with van der Waals surface area (Å²) in [6.45, 7) is 8.08. The van der Waals surface area contributed by atoms with E-state index in [9.17, 15) is 9.59 Å². The predicted molar refractivity (Wildman–Crippen MR) is 47.7 cm³/mol. The average molecular weight is 169 g/mol. The number of carbonyl (C=O) groups excluding carboxylic acids is 2. The van der Waals surface area contributed by atoms with Gasteiger partial charge >= 0.3 is 0 Å². The van der Waals surface area contributed by atoms with Crippen molar-refractivity contribution in [1.82, 2.24) is 5.32 Å². The van der Waals surface area contributed by atoms with Crippen LogP contribution in [0.4, 0.5) is 0 Å². The highest BCUT2D eigenvalue weighted by molar-refractivity contribution is 5.90. The minimum Gasteiger partial charge on any atom is -0.344 e. The first-order chi connectivity index (χ1) is 5.42. The fourth-order valence-corrected chi connectivity index (χ4v) is 0.960. The molecule has 3 heteroatoms. The molecule has 0 unspecified atom stereocenters. The van der Waals surface area contributed by atoms with Crippen molar-refractivity contribution >= 4 is 11.7 Å². The molecule has 0 heterocycles. The van der Waals surface area contributed by atoms with Gasteiger partial charge in [-0.1, -0.05) is 6.08 Å². The maximum absolute atomic E-state index is 11.1. The molecule has 0 bridgehead atoms. The van der Waals surface area contributed by atoms with E-state index in [4.69, 9.17) is 0 Å². The summed E-state index contributed by atoms with van der Waals surface area (Å²) in [5, 5.41) is 2.60. The zero-order valence-electron chi connectivity index (χ0n) is 7.81. The molecule has 0 aliphatic heterocycles. The third kappa shape index (κ3) is 2.86. The smallest absolute Gasteiger partial charge is 0.217 e. The fraction of sp³-hybridized carbons (Fsp3) is 0.556. The van der Waals surface area contributed by atoms with E-state index in [1.807, 2.05) is 0 Å². The van der Waals surface area contributed by atoms with E-state index < -0.39 is 5.54 Å². The standard InChI is InChI=1S/C9H15NO2/c1-5-6-9(4,7(2)11)10-8(3)12/h5H,1,6H2,2-4H3,(H,10,12)/t9-/m1/s1. The minimum atomic E-state index is -0.784. The topological polar surface area (TPSA) is 46.2 Å². The van der Waals surface area contributed by atoms with Crippen molar-refractivity contribution in [3.05, 3.63) is 12.7 Å². The third-order valence-corrected chi connectivity index (χ3v) is 1.78. The average Bonchev–Trinajstić information content (AvgIpc) is 1.85. The van der Waals surface area contributed by atoms with Crippen molar-refractivity contribution < 1.29 is 9.59 Å². The summed E-state index contributed by atoms with van der Waals surface area (Å²) >= 11 is 0. The maximum Gasteiger partial charge on any atom is 0.217 e. The Bertz CT molecular complexity index is 211. The van der Waals surface area contributed by atoms with Crippen LogP contribution in [0, 0.1) is 0 Å². The van der Waals surface area contributed by atoms with Gasteiger partial charge in [-0.05, 0) is 20.3 Å². The molecule has 1 atom stereocenters. The second-order valence-corrected chi connectivity index (χ2v) is 3.06. The number of ketones is 1. The SMILES string of the molecule is C=CC[C@@](C)(NC(C)=O)C(C)=O. The van der Waals surface area contributed by atoms with Crippen LogP contribution in [-0.2, 0) is 9.59 Å². The van der Waals surface area contributed by atoms with E-state index in [0.29, 0.717) is 6.42 Å². The molecule has 0 aromatic carbocycles. The number of hydrogen-bond acceptors (Lipinski definition) is 2. The number of Topliss-reactive ketones (excluding diaryl/α,β-unsaturated/α-hetero) is 1. The van der Waals surface area contributed by atoms with Gasteiger partial charge < -0.3 is 5.32 Å². The van der Waals surface area contributed by atoms with Crippen molar-refractivity contribution in [3.8, 4) is 0 Å². The summed E-state index contributed by atoms with van der Waals surface area (Å²) in [5.41, 5.74) is -0.784. The highest BCUT2D eigenvalue weighted by atomic mass is 16.2. The van der Waals surface area contributed by atoms with Gasteiger partial charge in [0.2, 0.25) is 5.91 Å². The molecule has 0 radical (unpaired) electrons. The van der Waals surface area contributed by atoms with Crippen molar-refractivity contribution in [3.63, 3.8) is 0 Å². The second-order valence-electron chi connectivity index (χ2n) is 3.06. The summed E-state index contributed by atoms with van der Waals surface area (Å²) in [6.07, 6.45) is 2.08. The Kier molecular flexibility index (Phi) is 3.67. The first kappa shape index (κ1) is 10.9. The Labute approximate surface area is 72.8 Å². The van der Waals surface area contributed by atoms with E-state index in [1.165, 1.54) is 13.8 Å². The van der Waals surface area contributed by atoms with Gasteiger partial charge in [0.25, 0.3) is 0 Å². The third-order valence-electron chi connectivity index (χ3n) is 1.78. The predicted octanol–water partition coefficient (Wildman–Crippen LogP) is 1.05. The Hall–Kier alpha value is -1.12. The monoisotopic (exact) mass is 169 g/mol. The summed E-state index contributed by atoms with van der Waals surface area (Å²) < 4.78 is 0. The van der Waals surface area contributed by atoms with E-state index in [2.05, 4.69) is 11.9 Å². The second kappa shape index (κ2) is 4.04. The number of nitrogens with one attached hydrogen (secondary N) is 1. The lowest BCUT2D eigenvalue weighted by Gasteiger charge is -2.25. The van der Waals surface area contributed by atoms with Crippen molar-refractivity contribution in [2.45, 2.75) is 32.7 Å². The van der Waals surface area contributed by atoms with E-state index >= 15 is 0 Å². The maximum atomic E-state index is 11.1. The van der Waals surface area contributed by atoms with Crippen LogP contribution >= 0.6 is 0 Å². The van der Waals surface area contributed by atoms with Crippen molar-refractivity contribution in [1.29, 1.82) is 0 Å². The normalized spacial score (nSPS) is 14.6. The molecule has 0 aliphatic carbocycles. The van der Waals surface area contributed by atoms with Crippen LogP contribution in [0.5, 0.6) is 0 Å². The summed E-state index contributed by atoms with van der Waals surface area (Å²) in [4.78, 5) is 21.9. The molecule has 68 valence electrons. The quantitative estimate of drug-likeness (QED) is 0.639. The molecule has 0 aliphatic rings. The molecule has 3 nitrogen and oxygen atoms in total. The molecular formula is C9H15NO2. The Morgan fingerprint density at radius 3 is 2.25 bits per heavy atom. The molecule has 0 saturated heterocycles. The highest BCUT2D eigenvalue weighted by Gasteiger charge is 2.28. The van der Waals surface area contributed by atoms with Gasteiger partial charge in [-0.15, -0.1) is 6.58 Å². The van der Waals surface area contributed by atoms with Gasteiger partial charge in [-0.25, -0.2) is 0 Å². The van der Waals surface area contributed by atoms with Crippen LogP contribution in [0.1, 0.15) is 27.2 Å². The van der Waals surface area contributed by atoms with E-state index in [0.717, 1.165) is 0 Å². The zero-order valence-corrected chi connectivity index (χ0v) is 7.81. The molecule has 0 aromatic rings. The molecule has 1 N–H and O–H groups in total. The first-order valence-corrected chi connectivity index (χ1v) is 3.83. The van der Waals surface area contributed by atoms with Gasteiger partial charge in [0, 0.05) is 6.92 Å². The van der Waals surface area contributed by atoms with Gasteiger partial charge in [0.15, 0.2) is 5.78 Å². The number of hydrogen-bond donors (Lipinski definition) is 1. The largest absolute Gasteiger partial charge is 0.344 e. The molecule has 0 aromatic heterocycles. The summed E-state index contributed by atoms with van der Waals surface area (Å²) in [5.74, 6) is -0.257. The number of rotatable bonds is 4. The summed E-state index contributed by atoms with van der Waals surface area (Å²) in [7, 11) is 0. The Morgan fingerprint density at radius 1 is 1.50 bits per heavy atom. The van der Waals surface area contributed by atoms with Crippen LogP contribution in [0.15, 0.2) is 12.7 Å².